The van der Waals surface area contributed by atoms with Crippen LogP contribution < -0.4 is 9.08 Å². The molecule has 1 aliphatic rings. The van der Waals surface area contributed by atoms with Gasteiger partial charge in [-0.2, -0.15) is 8.42 Å². The smallest absolute Gasteiger partial charge is 0.369 e. The van der Waals surface area contributed by atoms with Gasteiger partial charge in [0, 0.05) is 18.3 Å². The molecule has 1 heterocycles. The number of hydrogen-bond acceptors (Lipinski definition) is 4. The average Bonchev–Trinajstić information content (AvgIpc) is 2.47. The molecule has 2 aromatic carbocycles. The Morgan fingerprint density at radius 2 is 1.71 bits per heavy atom. The van der Waals surface area contributed by atoms with Crippen LogP contribution in [0, 0.1) is 0 Å². The molecule has 0 bridgehead atoms. The van der Waals surface area contributed by atoms with E-state index in [-0.39, 0.29) is 0 Å². The minimum atomic E-state index is -3.91. The minimum Gasteiger partial charge on any atom is -0.369 e. The fourth-order valence-electron chi connectivity index (χ4n) is 2.21. The summed E-state index contributed by atoms with van der Waals surface area (Å²) in [6.45, 7) is 0.379. The van der Waals surface area contributed by atoms with Gasteiger partial charge in [-0.05, 0) is 24.3 Å². The predicted molar refractivity (Wildman–Crippen MR) is 82.2 cm³/mol. The van der Waals surface area contributed by atoms with Crippen molar-refractivity contribution in [1.82, 2.24) is 0 Å². The second kappa shape index (κ2) is 5.21. The van der Waals surface area contributed by atoms with Gasteiger partial charge in [0.2, 0.25) is 0 Å². The maximum atomic E-state index is 11.7. The molecule has 0 aromatic heterocycles. The van der Waals surface area contributed by atoms with Crippen LogP contribution in [-0.4, -0.2) is 27.7 Å². The van der Waals surface area contributed by atoms with E-state index in [4.69, 9.17) is 4.18 Å². The van der Waals surface area contributed by atoms with Crippen molar-refractivity contribution in [3.63, 3.8) is 0 Å². The Bertz CT molecular complexity index is 786. The van der Waals surface area contributed by atoms with Crippen molar-refractivity contribution in [2.45, 2.75) is 0 Å². The van der Waals surface area contributed by atoms with Gasteiger partial charge in [-0.25, -0.2) is 0 Å². The lowest BCUT2D eigenvalue weighted by Crippen LogP contribution is -2.30. The second-order valence-electron chi connectivity index (χ2n) is 4.74. The van der Waals surface area contributed by atoms with Crippen molar-refractivity contribution >= 4 is 21.7 Å². The van der Waals surface area contributed by atoms with Gasteiger partial charge in [0.15, 0.2) is 5.75 Å². The summed E-state index contributed by atoms with van der Waals surface area (Å²) < 4.78 is 32.1. The highest BCUT2D eigenvalue weighted by Crippen LogP contribution is 2.26. The lowest BCUT2D eigenvalue weighted by Gasteiger charge is -2.23. The van der Waals surface area contributed by atoms with Gasteiger partial charge in [-0.15, -0.1) is 4.40 Å². The van der Waals surface area contributed by atoms with Crippen LogP contribution in [0.25, 0.3) is 0 Å². The van der Waals surface area contributed by atoms with E-state index in [0.717, 1.165) is 5.69 Å². The summed E-state index contributed by atoms with van der Waals surface area (Å²) in [6.07, 6.45) is 0. The molecule has 108 valence electrons. The normalized spacial score (nSPS) is 15.6. The molecule has 0 spiro atoms. The molecule has 0 N–H and O–H groups in total. The molecule has 0 saturated heterocycles. The maximum absolute atomic E-state index is 11.7. The molecule has 0 radical (unpaired) electrons. The van der Waals surface area contributed by atoms with E-state index in [1.54, 1.807) is 12.1 Å². The Kier molecular flexibility index (Phi) is 3.39. The van der Waals surface area contributed by atoms with E-state index in [0.29, 0.717) is 23.6 Å². The van der Waals surface area contributed by atoms with Crippen LogP contribution in [0.5, 0.6) is 5.75 Å². The lowest BCUT2D eigenvalue weighted by molar-refractivity contribution is 0.484. The summed E-state index contributed by atoms with van der Waals surface area (Å²) in [5.41, 5.74) is 2.17. The zero-order valence-corrected chi connectivity index (χ0v) is 12.2. The predicted octanol–water partition coefficient (Wildman–Crippen LogP) is 2.25. The molecule has 0 aliphatic carbocycles. The first-order chi connectivity index (χ1) is 10.1. The summed E-state index contributed by atoms with van der Waals surface area (Å²) >= 11 is 0. The molecule has 0 fully saturated rings. The van der Waals surface area contributed by atoms with Gasteiger partial charge in [-0.3, -0.25) is 0 Å². The van der Waals surface area contributed by atoms with Crippen molar-refractivity contribution in [2.24, 2.45) is 4.40 Å². The highest BCUT2D eigenvalue weighted by Gasteiger charge is 2.25. The van der Waals surface area contributed by atoms with E-state index in [1.807, 2.05) is 54.4 Å². The van der Waals surface area contributed by atoms with Crippen molar-refractivity contribution in [1.29, 1.82) is 0 Å². The molecule has 3 rings (SSSR count). The van der Waals surface area contributed by atoms with Gasteiger partial charge in [0.25, 0.3) is 0 Å². The van der Waals surface area contributed by atoms with Crippen molar-refractivity contribution in [3.05, 3.63) is 60.2 Å². The largest absolute Gasteiger partial charge is 0.428 e. The Hall–Kier alpha value is -2.34. The molecule has 0 unspecified atom stereocenters. The number of para-hydroxylation sites is 2. The number of likely N-dealkylation sites (N-methyl/N-ethyl adjacent to an activating group) is 1. The fraction of sp³-hybridized carbons (Fsp3) is 0.133. The zero-order chi connectivity index (χ0) is 14.9. The summed E-state index contributed by atoms with van der Waals surface area (Å²) in [5.74, 6) is 0.323. The molecule has 0 amide bonds. The Labute approximate surface area is 123 Å². The van der Waals surface area contributed by atoms with Gasteiger partial charge in [0.1, 0.15) is 0 Å². The third kappa shape index (κ3) is 2.90. The Balaban J connectivity index is 1.95. The maximum Gasteiger partial charge on any atom is 0.428 e. The van der Waals surface area contributed by atoms with Crippen LogP contribution in [0.3, 0.4) is 0 Å². The van der Waals surface area contributed by atoms with E-state index >= 15 is 0 Å². The van der Waals surface area contributed by atoms with E-state index in [2.05, 4.69) is 4.40 Å². The molecule has 5 nitrogen and oxygen atoms in total. The topological polar surface area (TPSA) is 59.0 Å². The molecule has 0 saturated carbocycles. The second-order valence-corrected chi connectivity index (χ2v) is 5.94. The van der Waals surface area contributed by atoms with Crippen molar-refractivity contribution < 1.29 is 12.6 Å². The van der Waals surface area contributed by atoms with Crippen LogP contribution in [0.15, 0.2) is 59.0 Å². The van der Waals surface area contributed by atoms with Crippen LogP contribution >= 0.6 is 0 Å². The Morgan fingerprint density at radius 3 is 2.48 bits per heavy atom. The SMILES string of the molecule is CN(CC1=NS(=O)(=O)Oc2ccccc21)c1ccccc1. The first kappa shape index (κ1) is 13.6. The molecule has 6 heteroatoms. The van der Waals surface area contributed by atoms with E-state index in [9.17, 15) is 8.42 Å². The first-order valence-corrected chi connectivity index (χ1v) is 7.80. The van der Waals surface area contributed by atoms with Gasteiger partial charge < -0.3 is 9.08 Å². The number of rotatable bonds is 3. The number of benzene rings is 2. The first-order valence-electron chi connectivity index (χ1n) is 6.44. The van der Waals surface area contributed by atoms with Crippen molar-refractivity contribution in [3.8, 4) is 5.75 Å². The number of fused-ring (bicyclic) bond motifs is 1. The van der Waals surface area contributed by atoms with Crippen LogP contribution in [0.4, 0.5) is 5.69 Å². The van der Waals surface area contributed by atoms with Crippen molar-refractivity contribution in [2.75, 3.05) is 18.5 Å². The number of nitrogens with zero attached hydrogens (tertiary/aromatic N) is 2. The molecule has 0 atom stereocenters. The van der Waals surface area contributed by atoms with E-state index < -0.39 is 10.3 Å². The fourth-order valence-corrected chi connectivity index (χ4v) is 3.04. The van der Waals surface area contributed by atoms with Gasteiger partial charge in [0.05, 0.1) is 12.3 Å². The number of anilines is 1. The average molecular weight is 302 g/mol. The Morgan fingerprint density at radius 1 is 1.05 bits per heavy atom. The van der Waals surface area contributed by atoms with Crippen LogP contribution in [0.1, 0.15) is 5.56 Å². The van der Waals surface area contributed by atoms with Gasteiger partial charge in [-0.1, -0.05) is 30.3 Å². The minimum absolute atomic E-state index is 0.323. The zero-order valence-electron chi connectivity index (χ0n) is 11.4. The third-order valence-electron chi connectivity index (χ3n) is 3.20. The quantitative estimate of drug-likeness (QED) is 0.872. The highest BCUT2D eigenvalue weighted by atomic mass is 32.2. The third-order valence-corrected chi connectivity index (χ3v) is 4.03. The monoisotopic (exact) mass is 302 g/mol. The summed E-state index contributed by atoms with van der Waals surface area (Å²) in [4.78, 5) is 1.94. The summed E-state index contributed by atoms with van der Waals surface area (Å²) in [5, 5.41) is 0. The lowest BCUT2D eigenvalue weighted by atomic mass is 10.1. The van der Waals surface area contributed by atoms with Crippen LogP contribution in [-0.2, 0) is 10.3 Å². The molecular formula is C15H14N2O3S. The standard InChI is InChI=1S/C15H14N2O3S/c1-17(12-7-3-2-4-8-12)11-14-13-9-5-6-10-15(13)20-21(18,19)16-14/h2-10H,11H2,1H3. The van der Waals surface area contributed by atoms with Gasteiger partial charge >= 0.3 is 10.3 Å². The summed E-state index contributed by atoms with van der Waals surface area (Å²) in [7, 11) is -2.02. The molecule has 1 aliphatic heterocycles. The molecular weight excluding hydrogens is 288 g/mol. The molecule has 21 heavy (non-hydrogen) atoms. The molecule has 2 aromatic rings. The van der Waals surface area contributed by atoms with Crippen LogP contribution in [0.2, 0.25) is 0 Å². The summed E-state index contributed by atoms with van der Waals surface area (Å²) in [6, 6.07) is 16.7. The highest BCUT2D eigenvalue weighted by molar-refractivity contribution is 7.86. The van der Waals surface area contributed by atoms with E-state index in [1.165, 1.54) is 0 Å². The number of hydrogen-bond donors (Lipinski definition) is 0.